The molecule has 4 aliphatic rings. The zero-order valence-corrected chi connectivity index (χ0v) is 71.1. The molecule has 0 spiro atoms. The Hall–Kier alpha value is -2.54. The number of carbonyl (C=O) groups excluding carboxylic acids is 1. The first-order valence-corrected chi connectivity index (χ1v) is 51.1. The van der Waals surface area contributed by atoms with Gasteiger partial charge in [-0.25, -0.2) is 54.4 Å². The van der Waals surface area contributed by atoms with Crippen molar-refractivity contribution >= 4 is 141 Å². The number of carbonyl (C=O) groups is 1. The predicted molar refractivity (Wildman–Crippen MR) is 370 cm³/mol. The van der Waals surface area contributed by atoms with Crippen LogP contribution in [-0.4, -0.2) is 337 Å². The Labute approximate surface area is 686 Å². The molecule has 120 heavy (non-hydrogen) atoms. The molecule has 4 saturated heterocycles. The molecule has 0 aromatic heterocycles. The van der Waals surface area contributed by atoms with Gasteiger partial charge in [0.05, 0.1) is 33.0 Å². The Morgan fingerprint density at radius 2 is 0.467 bits per heavy atom. The first kappa shape index (κ1) is 110. The number of rotatable bonds is 57. The molecule has 20 atom stereocenters. The molecule has 14 N–H and O–H groups in total. The summed E-state index contributed by atoms with van der Waals surface area (Å²) in [6.45, 7) is -8.07. The highest BCUT2D eigenvalue weighted by Gasteiger charge is 2.63. The van der Waals surface area contributed by atoms with Gasteiger partial charge in [-0.05, 0) is 12.8 Å². The average Bonchev–Trinajstić information content (AvgIpc) is 0.441. The fourth-order valence-corrected chi connectivity index (χ4v) is 17.2. The van der Waals surface area contributed by atoms with E-state index in [-0.39, 0.29) is 13.0 Å². The van der Waals surface area contributed by atoms with Crippen LogP contribution < -0.4 is 5.32 Å². The van der Waals surface area contributed by atoms with E-state index in [1.807, 2.05) is 0 Å². The van der Waals surface area contributed by atoms with E-state index >= 15 is 0 Å². The minimum Gasteiger partial charge on any atom is -0.356 e. The molecule has 0 aliphatic carbocycles. The number of amides is 1. The van der Waals surface area contributed by atoms with Crippen molar-refractivity contribution < 1.29 is 266 Å². The molecule has 0 unspecified atom stereocenters. The Morgan fingerprint density at radius 1 is 0.258 bits per heavy atom. The van der Waals surface area contributed by atoms with Gasteiger partial charge in [0.15, 0.2) is 49.6 Å². The van der Waals surface area contributed by atoms with Crippen LogP contribution in [0, 0.1) is 0 Å². The van der Waals surface area contributed by atoms with Crippen molar-refractivity contribution in [2.24, 2.45) is 0 Å². The maximum Gasteiger partial charge on any atom is 0.397 e. The lowest BCUT2D eigenvalue weighted by Crippen LogP contribution is -2.69. The van der Waals surface area contributed by atoms with E-state index in [4.69, 9.17) is 37.9 Å². The normalized spacial score (nSPS) is 29.0. The number of nitrogens with one attached hydrogen (secondary N) is 1. The monoisotopic (exact) mass is 2030 g/mol. The van der Waals surface area contributed by atoms with E-state index in [0.29, 0.717) is 12.8 Å². The van der Waals surface area contributed by atoms with Gasteiger partial charge in [-0.15, -0.1) is 0 Å². The van der Waals surface area contributed by atoms with Gasteiger partial charge in [0.25, 0.3) is 0 Å². The average molecular weight is 2030 g/mol. The van der Waals surface area contributed by atoms with Gasteiger partial charge >= 0.3 is 135 Å². The van der Waals surface area contributed by atoms with Crippen LogP contribution in [-0.2, 0) is 232 Å². The molecule has 4 fully saturated rings. The van der Waals surface area contributed by atoms with Crippen LogP contribution in [0.4, 0.5) is 0 Å². The summed E-state index contributed by atoms with van der Waals surface area (Å²) in [6.07, 6.45) is -56.3. The number of unbranched alkanes of at least 4 members (excludes halogenated alkanes) is 14. The van der Waals surface area contributed by atoms with Crippen LogP contribution in [0.25, 0.3) is 0 Å². The van der Waals surface area contributed by atoms with Crippen LogP contribution in [0.1, 0.15) is 116 Å². The van der Waals surface area contributed by atoms with Crippen molar-refractivity contribution in [1.29, 1.82) is 0 Å². The van der Waals surface area contributed by atoms with Gasteiger partial charge in [0.1, 0.15) is 73.2 Å². The molecule has 62 nitrogen and oxygen atoms in total. The summed E-state index contributed by atoms with van der Waals surface area (Å²) in [6, 6.07) is 0. The zero-order chi connectivity index (χ0) is 91.4. The Kier molecular flexibility index (Phi) is 42.2. The largest absolute Gasteiger partial charge is 0.397 e. The van der Waals surface area contributed by atoms with Crippen molar-refractivity contribution in [3.63, 3.8) is 0 Å². The molecule has 1 amide bonds. The Bertz CT molecular complexity index is 4880. The Morgan fingerprint density at radius 3 is 0.717 bits per heavy atom. The number of ether oxygens (including phenoxy) is 8. The first-order valence-electron chi connectivity index (χ1n) is 33.3. The summed E-state index contributed by atoms with van der Waals surface area (Å²) in [5.74, 6) is -0.542. The van der Waals surface area contributed by atoms with E-state index in [1.54, 1.807) is 0 Å². The van der Waals surface area contributed by atoms with Gasteiger partial charge in [0, 0.05) is 13.0 Å². The highest BCUT2D eigenvalue weighted by Crippen LogP contribution is 2.42. The molecule has 0 saturated carbocycles. The van der Waals surface area contributed by atoms with Gasteiger partial charge in [-0.1, -0.05) is 96.8 Å². The summed E-state index contributed by atoms with van der Waals surface area (Å²) in [5, 5.41) is 2.48. The lowest BCUT2D eigenvalue weighted by atomic mass is 9.95. The highest BCUT2D eigenvalue weighted by atomic mass is 32.3. The first-order chi connectivity index (χ1) is 54.5. The molecule has 0 radical (unpaired) electrons. The zero-order valence-electron chi connectivity index (χ0n) is 60.5. The summed E-state index contributed by atoms with van der Waals surface area (Å²) in [5.41, 5.74) is 0. The smallest absolute Gasteiger partial charge is 0.356 e. The minimum atomic E-state index is -6.79. The van der Waals surface area contributed by atoms with Crippen LogP contribution in [0.2, 0.25) is 0 Å². The van der Waals surface area contributed by atoms with Gasteiger partial charge in [-0.2, -0.15) is 109 Å². The number of hydrogen-bond donors (Lipinski definition) is 14. The maximum absolute atomic E-state index is 13.0. The van der Waals surface area contributed by atoms with Crippen LogP contribution >= 0.6 is 0 Å². The highest BCUT2D eigenvalue weighted by molar-refractivity contribution is 7.83. The molecule has 0 aromatic rings. The summed E-state index contributed by atoms with van der Waals surface area (Å²) >= 11 is 0. The second kappa shape index (κ2) is 46.1. The third-order valence-corrected chi connectivity index (χ3v) is 21.7. The minimum absolute atomic E-state index is 0.0215. The van der Waals surface area contributed by atoms with E-state index < -0.39 is 303 Å². The van der Waals surface area contributed by atoms with E-state index in [2.05, 4.69) is 66.6 Å². The number of hydrogen-bond acceptors (Lipinski definition) is 48. The maximum atomic E-state index is 13.0. The molecule has 4 rings (SSSR count). The molecular weight excluding hydrogens is 1950 g/mol. The van der Waals surface area contributed by atoms with Crippen LogP contribution in [0.5, 0.6) is 0 Å². The molecule has 712 valence electrons. The second-order valence-corrected chi connectivity index (χ2v) is 38.8. The van der Waals surface area contributed by atoms with Crippen molar-refractivity contribution in [2.45, 2.75) is 239 Å². The summed E-state index contributed by atoms with van der Waals surface area (Å²) in [7, 11) is -83.7. The van der Waals surface area contributed by atoms with Crippen molar-refractivity contribution in [3.05, 3.63) is 0 Å². The van der Waals surface area contributed by atoms with Gasteiger partial charge in [0.2, 0.25) is 5.91 Å². The van der Waals surface area contributed by atoms with Crippen molar-refractivity contribution in [3.8, 4) is 0 Å². The Balaban J connectivity index is 1.95. The van der Waals surface area contributed by atoms with Crippen molar-refractivity contribution in [1.82, 2.24) is 5.32 Å². The summed E-state index contributed by atoms with van der Waals surface area (Å²) in [4.78, 5) is 12.8. The molecule has 0 aromatic carbocycles. The van der Waals surface area contributed by atoms with Gasteiger partial charge in [-0.3, -0.25) is 64.0 Å². The SMILES string of the molecule is CCCCCCCCCCCCCCCCCC(=O)NCCCO[C@@H]1O[C@H](COS(=O)(=O)O)[C@@H](O[C@H]2O[C@H](COS(=O)(=O)O)[C@@H](O[C@H]3O[C@H](COS(=O)(=O)O)[C@@H](O[C@H]4O[C@H](COS(=O)(=O)O)[C@@H](OS(=O)(=O)O)[C@H](OS(=O)(=O)O)[C@H]4OS(=O)(=O)O)[C@H](OS(=O)(=O)O)[C@H]3OS(=O)(=O)O)[C@H](OS(=O)(=O)O)[C@H]2OS(=O)(=O)O)[C@H](OS(=O)(=O)O)[C@H]1OS(=O)(=O)O. The topological polar surface area (TPSA) is 930 Å². The molecule has 0 bridgehead atoms. The van der Waals surface area contributed by atoms with E-state index in [9.17, 15) is 173 Å². The second-order valence-electron chi connectivity index (χ2n) is 25.0. The van der Waals surface area contributed by atoms with Crippen LogP contribution in [0.15, 0.2) is 0 Å². The van der Waals surface area contributed by atoms with E-state index in [1.165, 1.54) is 32.1 Å². The standard InChI is InChI=1S/C45H83NO61S13/c1-2-3-4-5-6-7-8-9-10-11-12-13-14-15-16-18-29(47)46-19-17-20-87-42-38(104-117(75,76)77)34(100-113(63,64)65)30(25(92-42)21-88-108(48,49)50)96-43-39(105-118(78,79)80)35(101-114(66,67)68)31(26(93-43)22-89-109(51,52)53)97-44-40(106-119(81,82)83)36(102-115(69,70)71)32(27(94-44)23-90-110(54,55)56)98-45-41(107-120(84,85)86)37(103-116(72,73)74)33(99-112(60,61)62)28(95-45)24-91-111(57,58)59/h25-28,30-45H,2-24H2,1H3,(H,46,47)(H,48,49,50)(H,51,52,53)(H,54,55,56)(H,57,58,59)(H,60,61,62)(H,63,64,65)(H,66,67,68)(H,69,70,71)(H,72,73,74)(H,75,76,77)(H,78,79,80)(H,81,82,83)(H,84,85,86)/t25-,26-,27-,28-,30-,31-,32-,33-,34+,35+,36+,37+,38-,39-,40-,41-,42-,43-,44-,45-/m1/s1. The predicted octanol–water partition coefficient (Wildman–Crippen LogP) is -5.20. The summed E-state index contributed by atoms with van der Waals surface area (Å²) < 4.78 is 553. The lowest BCUT2D eigenvalue weighted by molar-refractivity contribution is -0.378. The fourth-order valence-electron chi connectivity index (χ4n) is 11.6. The molecule has 75 heteroatoms. The van der Waals surface area contributed by atoms with Crippen molar-refractivity contribution in [2.75, 3.05) is 39.6 Å². The molecular formula is C45H83NO61S13. The van der Waals surface area contributed by atoms with Crippen LogP contribution in [0.3, 0.4) is 0 Å². The molecule has 4 aliphatic heterocycles. The van der Waals surface area contributed by atoms with Gasteiger partial charge < -0.3 is 43.2 Å². The van der Waals surface area contributed by atoms with E-state index in [0.717, 1.165) is 51.4 Å². The third-order valence-electron chi connectivity index (χ3n) is 15.8. The fraction of sp³-hybridized carbons (Fsp3) is 0.978. The molecule has 4 heterocycles. The quantitative estimate of drug-likeness (QED) is 0.0200. The lowest BCUT2D eigenvalue weighted by Gasteiger charge is -2.50. The third kappa shape index (κ3) is 44.9.